The van der Waals surface area contributed by atoms with Gasteiger partial charge in [-0.05, 0) is 30.3 Å². The lowest BCUT2D eigenvalue weighted by molar-refractivity contribution is 0.1000. The van der Waals surface area contributed by atoms with Crippen LogP contribution in [0.2, 0.25) is 10.0 Å². The van der Waals surface area contributed by atoms with E-state index in [9.17, 15) is 9.18 Å². The fourth-order valence-electron chi connectivity index (χ4n) is 1.69. The van der Waals surface area contributed by atoms with Gasteiger partial charge in [0.05, 0.1) is 15.7 Å². The first-order valence-electron chi connectivity index (χ1n) is 5.75. The van der Waals surface area contributed by atoms with E-state index in [-0.39, 0.29) is 12.1 Å². The summed E-state index contributed by atoms with van der Waals surface area (Å²) in [5.41, 5.74) is 6.32. The van der Waals surface area contributed by atoms with Gasteiger partial charge in [0.25, 0.3) is 0 Å². The lowest BCUT2D eigenvalue weighted by Gasteiger charge is -2.10. The highest BCUT2D eigenvalue weighted by Crippen LogP contribution is 2.30. The molecule has 0 spiro atoms. The topological polar surface area (TPSA) is 55.1 Å². The minimum absolute atomic E-state index is 0.160. The van der Waals surface area contributed by atoms with Gasteiger partial charge in [0.2, 0.25) is 5.91 Å². The third kappa shape index (κ3) is 3.21. The van der Waals surface area contributed by atoms with Crippen LogP contribution in [0.4, 0.5) is 10.1 Å². The molecular weight excluding hydrogens is 302 g/mol. The molecule has 3 nitrogen and oxygen atoms in total. The van der Waals surface area contributed by atoms with Crippen LogP contribution in [0.25, 0.3) is 0 Å². The molecule has 20 heavy (non-hydrogen) atoms. The fraction of sp³-hybridized carbons (Fsp3) is 0.0714. The van der Waals surface area contributed by atoms with Crippen molar-refractivity contribution in [2.75, 3.05) is 5.32 Å². The lowest BCUT2D eigenvalue weighted by Crippen LogP contribution is -2.12. The van der Waals surface area contributed by atoms with Crippen molar-refractivity contribution in [1.29, 1.82) is 0 Å². The largest absolute Gasteiger partial charge is 0.380 e. The van der Waals surface area contributed by atoms with E-state index in [0.717, 1.165) is 0 Å². The van der Waals surface area contributed by atoms with Gasteiger partial charge in [-0.25, -0.2) is 4.39 Å². The third-order valence-corrected chi connectivity index (χ3v) is 3.57. The summed E-state index contributed by atoms with van der Waals surface area (Å²) in [7, 11) is 0. The molecule has 2 aromatic rings. The third-order valence-electron chi connectivity index (χ3n) is 2.75. The van der Waals surface area contributed by atoms with Crippen LogP contribution in [-0.4, -0.2) is 5.91 Å². The number of hydrogen-bond donors (Lipinski definition) is 2. The van der Waals surface area contributed by atoms with Crippen molar-refractivity contribution >= 4 is 34.8 Å². The summed E-state index contributed by atoms with van der Waals surface area (Å²) in [5, 5.41) is 3.74. The zero-order valence-corrected chi connectivity index (χ0v) is 11.8. The average molecular weight is 313 g/mol. The summed E-state index contributed by atoms with van der Waals surface area (Å²) in [4.78, 5) is 11.1. The SMILES string of the molecule is NC(=O)c1ccc(F)c(CNc2cccc(Cl)c2Cl)c1. The molecule has 3 N–H and O–H groups in total. The second-order valence-corrected chi connectivity index (χ2v) is 4.91. The normalized spacial score (nSPS) is 10.3. The number of rotatable bonds is 4. The zero-order chi connectivity index (χ0) is 14.7. The molecule has 0 fully saturated rings. The highest BCUT2D eigenvalue weighted by atomic mass is 35.5. The maximum absolute atomic E-state index is 13.7. The van der Waals surface area contributed by atoms with Crippen LogP contribution >= 0.6 is 23.2 Å². The molecule has 0 aliphatic heterocycles. The summed E-state index contributed by atoms with van der Waals surface area (Å²) in [6, 6.07) is 9.06. The van der Waals surface area contributed by atoms with Crippen molar-refractivity contribution in [2.45, 2.75) is 6.54 Å². The van der Waals surface area contributed by atoms with Crippen molar-refractivity contribution in [3.05, 3.63) is 63.4 Å². The lowest BCUT2D eigenvalue weighted by atomic mass is 10.1. The van der Waals surface area contributed by atoms with Crippen molar-refractivity contribution in [3.63, 3.8) is 0 Å². The van der Waals surface area contributed by atoms with Crippen LogP contribution in [0.15, 0.2) is 36.4 Å². The van der Waals surface area contributed by atoms with Gasteiger partial charge in [0.15, 0.2) is 0 Å². The van der Waals surface area contributed by atoms with E-state index in [0.29, 0.717) is 21.3 Å². The molecule has 0 aliphatic rings. The van der Waals surface area contributed by atoms with E-state index in [1.165, 1.54) is 18.2 Å². The molecule has 2 aromatic carbocycles. The van der Waals surface area contributed by atoms with Crippen LogP contribution in [0.1, 0.15) is 15.9 Å². The molecule has 0 unspecified atom stereocenters. The molecule has 0 aromatic heterocycles. The van der Waals surface area contributed by atoms with E-state index in [2.05, 4.69) is 5.32 Å². The zero-order valence-electron chi connectivity index (χ0n) is 10.3. The smallest absolute Gasteiger partial charge is 0.248 e. The number of amides is 1. The first-order chi connectivity index (χ1) is 9.49. The molecule has 104 valence electrons. The average Bonchev–Trinajstić information content (AvgIpc) is 2.41. The molecule has 0 saturated heterocycles. The maximum Gasteiger partial charge on any atom is 0.248 e. The van der Waals surface area contributed by atoms with Gasteiger partial charge in [-0.1, -0.05) is 29.3 Å². The van der Waals surface area contributed by atoms with Gasteiger partial charge in [0.1, 0.15) is 5.82 Å². The number of carbonyl (C=O) groups excluding carboxylic acids is 1. The highest BCUT2D eigenvalue weighted by molar-refractivity contribution is 6.43. The molecule has 0 atom stereocenters. The Balaban J connectivity index is 2.20. The Hall–Kier alpha value is -1.78. The Kier molecular flexibility index (Phi) is 4.47. The van der Waals surface area contributed by atoms with E-state index in [4.69, 9.17) is 28.9 Å². The predicted molar refractivity (Wildman–Crippen MR) is 78.7 cm³/mol. The Labute approximate surface area is 125 Å². The fourth-order valence-corrected chi connectivity index (χ4v) is 2.06. The molecule has 2 rings (SSSR count). The summed E-state index contributed by atoms with van der Waals surface area (Å²) < 4.78 is 13.7. The first kappa shape index (κ1) is 14.6. The van der Waals surface area contributed by atoms with Gasteiger partial charge in [-0.2, -0.15) is 0 Å². The second kappa shape index (κ2) is 6.11. The van der Waals surface area contributed by atoms with Gasteiger partial charge < -0.3 is 11.1 Å². The predicted octanol–water partition coefficient (Wildman–Crippen LogP) is 3.84. The van der Waals surface area contributed by atoms with Gasteiger partial charge in [0, 0.05) is 17.7 Å². The van der Waals surface area contributed by atoms with Crippen LogP contribution in [0.5, 0.6) is 0 Å². The minimum atomic E-state index is -0.605. The van der Waals surface area contributed by atoms with Gasteiger partial charge in [-0.15, -0.1) is 0 Å². The quantitative estimate of drug-likeness (QED) is 0.901. The Morgan fingerprint density at radius 3 is 2.70 bits per heavy atom. The number of anilines is 1. The van der Waals surface area contributed by atoms with Crippen LogP contribution in [0.3, 0.4) is 0 Å². The van der Waals surface area contributed by atoms with E-state index < -0.39 is 11.7 Å². The first-order valence-corrected chi connectivity index (χ1v) is 6.50. The molecule has 0 bridgehead atoms. The molecule has 0 heterocycles. The number of primary amides is 1. The maximum atomic E-state index is 13.7. The van der Waals surface area contributed by atoms with Gasteiger partial charge in [-0.3, -0.25) is 4.79 Å². The standard InChI is InChI=1S/C14H11Cl2FN2O/c15-10-2-1-3-12(13(10)16)19-7-9-6-8(14(18)20)4-5-11(9)17/h1-6,19H,7H2,(H2,18,20). The van der Waals surface area contributed by atoms with E-state index >= 15 is 0 Å². The molecule has 1 amide bonds. The Bertz CT molecular complexity index is 662. The molecule has 0 saturated carbocycles. The Morgan fingerprint density at radius 2 is 2.00 bits per heavy atom. The van der Waals surface area contributed by atoms with Crippen molar-refractivity contribution in [3.8, 4) is 0 Å². The molecular formula is C14H11Cl2FN2O. The van der Waals surface area contributed by atoms with E-state index in [1.54, 1.807) is 18.2 Å². The minimum Gasteiger partial charge on any atom is -0.380 e. The summed E-state index contributed by atoms with van der Waals surface area (Å²) >= 11 is 11.9. The highest BCUT2D eigenvalue weighted by Gasteiger charge is 2.09. The number of nitrogens with one attached hydrogen (secondary N) is 1. The number of halogens is 3. The Morgan fingerprint density at radius 1 is 1.25 bits per heavy atom. The number of carbonyl (C=O) groups is 1. The van der Waals surface area contributed by atoms with Crippen LogP contribution < -0.4 is 11.1 Å². The summed E-state index contributed by atoms with van der Waals surface area (Å²) in [6.45, 7) is 0.160. The number of hydrogen-bond acceptors (Lipinski definition) is 2. The van der Waals surface area contributed by atoms with Crippen LogP contribution in [0, 0.1) is 5.82 Å². The molecule has 6 heteroatoms. The summed E-state index contributed by atoms with van der Waals surface area (Å²) in [5.74, 6) is -1.03. The number of nitrogens with two attached hydrogens (primary N) is 1. The molecule has 0 aliphatic carbocycles. The number of benzene rings is 2. The van der Waals surface area contributed by atoms with Crippen molar-refractivity contribution in [2.24, 2.45) is 5.73 Å². The monoisotopic (exact) mass is 312 g/mol. The summed E-state index contributed by atoms with van der Waals surface area (Å²) in [6.07, 6.45) is 0. The molecule has 0 radical (unpaired) electrons. The van der Waals surface area contributed by atoms with Crippen molar-refractivity contribution < 1.29 is 9.18 Å². The second-order valence-electron chi connectivity index (χ2n) is 4.13. The van der Waals surface area contributed by atoms with Crippen molar-refractivity contribution in [1.82, 2.24) is 0 Å². The van der Waals surface area contributed by atoms with Crippen LogP contribution in [-0.2, 0) is 6.54 Å². The van der Waals surface area contributed by atoms with Gasteiger partial charge >= 0.3 is 0 Å². The van der Waals surface area contributed by atoms with E-state index in [1.807, 2.05) is 0 Å².